The normalized spacial score (nSPS) is 11.3. The minimum absolute atomic E-state index is 0.0584. The highest BCUT2D eigenvalue weighted by Gasteiger charge is 2.28. The Hall–Kier alpha value is -4.17. The summed E-state index contributed by atoms with van der Waals surface area (Å²) in [5.74, 6) is -4.71. The van der Waals surface area contributed by atoms with Crippen LogP contribution >= 0.6 is 0 Å². The van der Waals surface area contributed by atoms with Gasteiger partial charge in [-0.25, -0.2) is 19.2 Å². The first kappa shape index (κ1) is 42.0. The molecule has 0 saturated carbocycles. The fraction of sp³-hybridized carbons (Fsp3) is 0.541. The van der Waals surface area contributed by atoms with Gasteiger partial charge in [0.1, 0.15) is 24.4 Å². The van der Waals surface area contributed by atoms with Gasteiger partial charge in [0.05, 0.1) is 22.3 Å². The molecule has 0 spiro atoms. The van der Waals surface area contributed by atoms with Crippen molar-refractivity contribution in [1.82, 2.24) is 0 Å². The van der Waals surface area contributed by atoms with Gasteiger partial charge in [-0.1, -0.05) is 67.5 Å². The van der Waals surface area contributed by atoms with Gasteiger partial charge in [-0.15, -0.1) is 0 Å². The second-order valence-corrected chi connectivity index (χ2v) is 11.5. The van der Waals surface area contributed by atoms with Crippen molar-refractivity contribution in [2.24, 2.45) is 0 Å². The summed E-state index contributed by atoms with van der Waals surface area (Å²) in [7, 11) is 0. The van der Waals surface area contributed by atoms with Crippen LogP contribution in [0.5, 0.6) is 0 Å². The molecule has 0 unspecified atom stereocenters. The smallest absolute Gasteiger partial charge is 0.293 e. The predicted molar refractivity (Wildman–Crippen MR) is 180 cm³/mol. The molecule has 0 heterocycles. The third kappa shape index (κ3) is 12.0. The number of carbonyl (C=O) groups excluding carboxylic acids is 5. The standard InChI is InChI=1S/C37H50O13/c1-9-25(10-2)43-47-34(39)29-19-17-23(21-31(29)36(41)49-45-27(13-5)14-6)33(38)24-18-20-30(35(40)48-44-26(11-3)12-4)32(22-24)37(42)50-46-28(15-7)16-8/h17-22,25-28H,9-16H2,1-8H3. The van der Waals surface area contributed by atoms with Gasteiger partial charge in [-0.3, -0.25) is 24.3 Å². The van der Waals surface area contributed by atoms with Gasteiger partial charge in [-0.05, 0) is 75.6 Å². The maximum Gasteiger partial charge on any atom is 0.373 e. The molecule has 50 heavy (non-hydrogen) atoms. The molecule has 0 bridgehead atoms. The summed E-state index contributed by atoms with van der Waals surface area (Å²) < 4.78 is 0. The largest absolute Gasteiger partial charge is 0.373 e. The van der Waals surface area contributed by atoms with E-state index >= 15 is 0 Å². The third-order valence-electron chi connectivity index (χ3n) is 8.13. The van der Waals surface area contributed by atoms with Crippen LogP contribution in [0.15, 0.2) is 36.4 Å². The number of hydrogen-bond acceptors (Lipinski definition) is 13. The molecular weight excluding hydrogens is 652 g/mol. The molecule has 0 N–H and O–H groups in total. The summed E-state index contributed by atoms with van der Waals surface area (Å²) >= 11 is 0. The number of hydrogen-bond donors (Lipinski definition) is 0. The first-order chi connectivity index (χ1) is 24.0. The molecule has 0 saturated heterocycles. The fourth-order valence-electron chi connectivity index (χ4n) is 4.56. The lowest BCUT2D eigenvalue weighted by Gasteiger charge is -2.16. The van der Waals surface area contributed by atoms with E-state index < -0.39 is 41.9 Å². The average molecular weight is 703 g/mol. The molecule has 0 amide bonds. The van der Waals surface area contributed by atoms with Crippen LogP contribution < -0.4 is 0 Å². The summed E-state index contributed by atoms with van der Waals surface area (Å²) in [6.07, 6.45) is 3.04. The molecule has 0 atom stereocenters. The summed E-state index contributed by atoms with van der Waals surface area (Å²) in [6, 6.07) is 7.34. The molecule has 0 radical (unpaired) electrons. The van der Waals surface area contributed by atoms with Gasteiger partial charge in [0, 0.05) is 11.1 Å². The monoisotopic (exact) mass is 702 g/mol. The Labute approximate surface area is 293 Å². The Morgan fingerprint density at radius 3 is 0.880 bits per heavy atom. The Kier molecular flexibility index (Phi) is 18.3. The van der Waals surface area contributed by atoms with Crippen LogP contribution in [-0.4, -0.2) is 54.1 Å². The van der Waals surface area contributed by atoms with Crippen molar-refractivity contribution < 1.29 is 63.1 Å². The molecule has 0 aliphatic carbocycles. The minimum Gasteiger partial charge on any atom is -0.293 e. The summed E-state index contributed by atoms with van der Waals surface area (Å²) in [4.78, 5) is 107. The Morgan fingerprint density at radius 2 is 0.640 bits per heavy atom. The van der Waals surface area contributed by atoms with E-state index in [1.807, 2.05) is 55.4 Å². The van der Waals surface area contributed by atoms with Gasteiger partial charge >= 0.3 is 23.9 Å². The first-order valence-electron chi connectivity index (χ1n) is 17.3. The van der Waals surface area contributed by atoms with Gasteiger partial charge in [0.15, 0.2) is 5.78 Å². The van der Waals surface area contributed by atoms with Crippen molar-refractivity contribution in [2.75, 3.05) is 0 Å². The van der Waals surface area contributed by atoms with Crippen LogP contribution in [0.4, 0.5) is 0 Å². The van der Waals surface area contributed by atoms with E-state index in [1.165, 1.54) is 24.3 Å². The first-order valence-corrected chi connectivity index (χ1v) is 17.3. The summed E-state index contributed by atoms with van der Waals surface area (Å²) in [6.45, 7) is 14.9. The second kappa shape index (κ2) is 21.8. The van der Waals surface area contributed by atoms with E-state index in [4.69, 9.17) is 39.1 Å². The molecule has 0 aliphatic heterocycles. The zero-order valence-corrected chi connectivity index (χ0v) is 30.2. The molecule has 0 aromatic heterocycles. The molecule has 2 rings (SSSR count). The van der Waals surface area contributed by atoms with Crippen molar-refractivity contribution in [3.05, 3.63) is 69.8 Å². The van der Waals surface area contributed by atoms with Crippen LogP contribution in [0.2, 0.25) is 0 Å². The van der Waals surface area contributed by atoms with Crippen molar-refractivity contribution in [2.45, 2.75) is 131 Å². The number of rotatable bonds is 22. The molecule has 0 aliphatic rings. The van der Waals surface area contributed by atoms with E-state index in [2.05, 4.69) is 0 Å². The predicted octanol–water partition coefficient (Wildman–Crippen LogP) is 8.03. The zero-order valence-electron chi connectivity index (χ0n) is 30.2. The fourth-order valence-corrected chi connectivity index (χ4v) is 4.56. The van der Waals surface area contributed by atoms with Crippen LogP contribution in [0.1, 0.15) is 164 Å². The lowest BCUT2D eigenvalue weighted by Crippen LogP contribution is -2.21. The number of carbonyl (C=O) groups is 5. The maximum atomic E-state index is 13.8. The van der Waals surface area contributed by atoms with Gasteiger partial charge in [-0.2, -0.15) is 19.6 Å². The number of ketones is 1. The van der Waals surface area contributed by atoms with E-state index in [0.717, 1.165) is 12.1 Å². The van der Waals surface area contributed by atoms with E-state index in [-0.39, 0.29) is 45.6 Å². The van der Waals surface area contributed by atoms with Crippen molar-refractivity contribution >= 4 is 29.7 Å². The zero-order chi connectivity index (χ0) is 37.2. The van der Waals surface area contributed by atoms with Crippen molar-refractivity contribution in [1.29, 1.82) is 0 Å². The summed E-state index contributed by atoms with van der Waals surface area (Å²) in [5, 5.41) is 0. The van der Waals surface area contributed by atoms with E-state index in [0.29, 0.717) is 51.4 Å². The van der Waals surface area contributed by atoms with Crippen LogP contribution in [-0.2, 0) is 39.1 Å². The highest BCUT2D eigenvalue weighted by molar-refractivity contribution is 6.13. The lowest BCUT2D eigenvalue weighted by atomic mass is 9.95. The van der Waals surface area contributed by atoms with Crippen LogP contribution in [0.3, 0.4) is 0 Å². The van der Waals surface area contributed by atoms with E-state index in [9.17, 15) is 24.0 Å². The van der Waals surface area contributed by atoms with Gasteiger partial charge in [0.2, 0.25) is 0 Å². The average Bonchev–Trinajstić information content (AvgIpc) is 3.15. The number of benzene rings is 2. The molecule has 2 aromatic carbocycles. The second-order valence-electron chi connectivity index (χ2n) is 11.5. The highest BCUT2D eigenvalue weighted by Crippen LogP contribution is 2.23. The van der Waals surface area contributed by atoms with Crippen LogP contribution in [0, 0.1) is 0 Å². The molecular formula is C37H50O13. The maximum absolute atomic E-state index is 13.8. The SMILES string of the molecule is CCC(CC)OOC(=O)c1ccc(C(=O)c2ccc(C(=O)OOC(CC)CC)c(C(=O)OOC(CC)CC)c2)cc1C(=O)OOC(CC)CC. The van der Waals surface area contributed by atoms with Crippen LogP contribution in [0.25, 0.3) is 0 Å². The molecule has 0 fully saturated rings. The molecule has 276 valence electrons. The van der Waals surface area contributed by atoms with Crippen molar-refractivity contribution in [3.63, 3.8) is 0 Å². The minimum atomic E-state index is -1.04. The quantitative estimate of drug-likeness (QED) is 0.0660. The Bertz CT molecular complexity index is 1310. The summed E-state index contributed by atoms with van der Waals surface area (Å²) in [5.41, 5.74) is -1.23. The molecule has 13 nitrogen and oxygen atoms in total. The highest BCUT2D eigenvalue weighted by atomic mass is 17.2. The Morgan fingerprint density at radius 1 is 0.400 bits per heavy atom. The molecule has 13 heteroatoms. The molecule has 2 aromatic rings. The van der Waals surface area contributed by atoms with Crippen molar-refractivity contribution in [3.8, 4) is 0 Å². The third-order valence-corrected chi connectivity index (χ3v) is 8.13. The Balaban J connectivity index is 2.55. The topological polar surface area (TPSA) is 159 Å². The lowest BCUT2D eigenvalue weighted by molar-refractivity contribution is -0.276. The van der Waals surface area contributed by atoms with E-state index in [1.54, 1.807) is 0 Å². The van der Waals surface area contributed by atoms with Gasteiger partial charge in [0.25, 0.3) is 0 Å². The van der Waals surface area contributed by atoms with Gasteiger partial charge < -0.3 is 0 Å².